The standard InChI is InChI=1S/C72H133NO10/c1-3-5-7-9-11-13-14-36-40-44-48-52-56-60-68(77)81-61-57-53-49-45-41-38-35-33-31-29-27-25-23-21-19-17-15-16-18-20-22-24-26-28-30-32-34-37-39-43-47-51-55-59-67(76)73-64(65(75)58-54-50-46-42-12-10-8-6-4-2)63-82-72-71(80)70(79)69(78)66(62-74)83-72/h13-14,19,21,25,27,54,58,64-66,69-72,74-75,78-80H,3-12,15-18,20,22-24,26,28-53,55-57,59-63H2,1-2H3,(H,73,76)/b14-13-,21-19-,27-25-,58-54+. The maximum absolute atomic E-state index is 13.0. The number of allylic oxidation sites excluding steroid dienone is 7. The molecule has 1 amide bonds. The van der Waals surface area contributed by atoms with Crippen LogP contribution >= 0.6 is 0 Å². The van der Waals surface area contributed by atoms with Gasteiger partial charge < -0.3 is 45.1 Å². The quantitative estimate of drug-likeness (QED) is 0.0195. The number of esters is 1. The molecule has 0 spiro atoms. The summed E-state index contributed by atoms with van der Waals surface area (Å²) in [6.45, 7) is 4.32. The molecule has 11 nitrogen and oxygen atoms in total. The summed E-state index contributed by atoms with van der Waals surface area (Å²) in [5.74, 6) is -0.184. The fourth-order valence-electron chi connectivity index (χ4n) is 11.0. The maximum Gasteiger partial charge on any atom is 0.305 e. The summed E-state index contributed by atoms with van der Waals surface area (Å²) in [4.78, 5) is 25.1. The van der Waals surface area contributed by atoms with Crippen molar-refractivity contribution in [2.24, 2.45) is 0 Å². The number of aliphatic hydroxyl groups is 5. The smallest absolute Gasteiger partial charge is 0.305 e. The Hall–Kier alpha value is -2.38. The molecular weight excluding hydrogens is 1040 g/mol. The number of amides is 1. The largest absolute Gasteiger partial charge is 0.466 e. The molecule has 1 aliphatic rings. The van der Waals surface area contributed by atoms with Crippen LogP contribution in [-0.4, -0.2) is 100 Å². The zero-order valence-corrected chi connectivity index (χ0v) is 53.9. The molecule has 1 heterocycles. The fourth-order valence-corrected chi connectivity index (χ4v) is 11.0. The van der Waals surface area contributed by atoms with E-state index in [2.05, 4.69) is 55.6 Å². The first-order valence-corrected chi connectivity index (χ1v) is 35.4. The maximum atomic E-state index is 13.0. The van der Waals surface area contributed by atoms with E-state index < -0.39 is 49.5 Å². The van der Waals surface area contributed by atoms with Crippen LogP contribution in [-0.2, 0) is 23.8 Å². The molecule has 11 heteroatoms. The lowest BCUT2D eigenvalue weighted by Gasteiger charge is -2.40. The Morgan fingerprint density at radius 2 is 0.807 bits per heavy atom. The number of hydrogen-bond donors (Lipinski definition) is 6. The number of aliphatic hydroxyl groups excluding tert-OH is 5. The first kappa shape index (κ1) is 78.6. The second kappa shape index (κ2) is 61.3. The third kappa shape index (κ3) is 50.3. The number of unbranched alkanes of at least 4 members (excludes halogenated alkanes) is 42. The highest BCUT2D eigenvalue weighted by Crippen LogP contribution is 2.23. The van der Waals surface area contributed by atoms with Crippen LogP contribution in [0.3, 0.4) is 0 Å². The van der Waals surface area contributed by atoms with Crippen LogP contribution in [0.4, 0.5) is 0 Å². The molecule has 1 saturated heterocycles. The molecule has 0 saturated carbocycles. The summed E-state index contributed by atoms with van der Waals surface area (Å²) in [7, 11) is 0. The molecule has 7 atom stereocenters. The van der Waals surface area contributed by atoms with Crippen molar-refractivity contribution in [3.8, 4) is 0 Å². The van der Waals surface area contributed by atoms with E-state index in [4.69, 9.17) is 14.2 Å². The zero-order chi connectivity index (χ0) is 60.2. The molecule has 0 aromatic carbocycles. The van der Waals surface area contributed by atoms with Crippen molar-refractivity contribution in [2.75, 3.05) is 19.8 Å². The first-order chi connectivity index (χ1) is 40.7. The van der Waals surface area contributed by atoms with Gasteiger partial charge in [0.2, 0.25) is 5.91 Å². The molecular formula is C72H133NO10. The normalized spacial score (nSPS) is 18.4. The van der Waals surface area contributed by atoms with Gasteiger partial charge in [0.15, 0.2) is 6.29 Å². The van der Waals surface area contributed by atoms with E-state index in [0.717, 1.165) is 64.2 Å². The third-order valence-corrected chi connectivity index (χ3v) is 16.7. The van der Waals surface area contributed by atoms with E-state index in [-0.39, 0.29) is 18.5 Å². The highest BCUT2D eigenvalue weighted by atomic mass is 16.7. The average Bonchev–Trinajstić information content (AvgIpc) is 3.54. The van der Waals surface area contributed by atoms with Gasteiger partial charge in [-0.1, -0.05) is 281 Å². The molecule has 83 heavy (non-hydrogen) atoms. The predicted molar refractivity (Wildman–Crippen MR) is 347 cm³/mol. The topological polar surface area (TPSA) is 175 Å². The van der Waals surface area contributed by atoms with E-state index in [0.29, 0.717) is 19.4 Å². The molecule has 1 aliphatic heterocycles. The summed E-state index contributed by atoms with van der Waals surface area (Å²) in [5.41, 5.74) is 0. The Kier molecular flexibility index (Phi) is 58.0. The molecule has 6 N–H and O–H groups in total. The molecule has 0 bridgehead atoms. The molecule has 0 aliphatic carbocycles. The molecule has 7 unspecified atom stereocenters. The first-order valence-electron chi connectivity index (χ1n) is 35.4. The highest BCUT2D eigenvalue weighted by molar-refractivity contribution is 5.76. The number of nitrogens with one attached hydrogen (secondary N) is 1. The summed E-state index contributed by atoms with van der Waals surface area (Å²) < 4.78 is 16.7. The second-order valence-electron chi connectivity index (χ2n) is 24.6. The van der Waals surface area contributed by atoms with E-state index in [1.54, 1.807) is 6.08 Å². The van der Waals surface area contributed by atoms with Gasteiger partial charge in [0.25, 0.3) is 0 Å². The number of hydrogen-bond acceptors (Lipinski definition) is 10. The van der Waals surface area contributed by atoms with Crippen molar-refractivity contribution >= 4 is 11.9 Å². The van der Waals surface area contributed by atoms with Gasteiger partial charge >= 0.3 is 5.97 Å². The van der Waals surface area contributed by atoms with E-state index in [9.17, 15) is 35.1 Å². The minimum absolute atomic E-state index is 0.00249. The Labute approximate surface area is 510 Å². The van der Waals surface area contributed by atoms with Gasteiger partial charge in [-0.15, -0.1) is 0 Å². The van der Waals surface area contributed by atoms with Gasteiger partial charge in [-0.05, 0) is 89.9 Å². The van der Waals surface area contributed by atoms with Crippen LogP contribution in [0, 0.1) is 0 Å². The predicted octanol–water partition coefficient (Wildman–Crippen LogP) is 18.0. The number of ether oxygens (including phenoxy) is 3. The third-order valence-electron chi connectivity index (χ3n) is 16.7. The SMILES string of the molecule is CCCCCC/C=C\CCCCCCCC(=O)OCCCCCCCCCCC/C=C\C/C=C\CCCCCCCCCCCCCCCCCCCC(=O)NC(COC1OC(CO)C(O)C(O)C1O)C(O)/C=C/CCCCCCCCC. The van der Waals surface area contributed by atoms with E-state index in [1.807, 2.05) is 6.08 Å². The van der Waals surface area contributed by atoms with E-state index >= 15 is 0 Å². The van der Waals surface area contributed by atoms with Gasteiger partial charge in [-0.2, -0.15) is 0 Å². The van der Waals surface area contributed by atoms with Gasteiger partial charge in [-0.25, -0.2) is 0 Å². The number of carbonyl (C=O) groups excluding carboxylic acids is 2. The molecule has 1 rings (SSSR count). The molecule has 0 radical (unpaired) electrons. The Morgan fingerprint density at radius 1 is 0.446 bits per heavy atom. The lowest BCUT2D eigenvalue weighted by molar-refractivity contribution is -0.302. The van der Waals surface area contributed by atoms with Crippen LogP contribution in [0.1, 0.15) is 335 Å². The van der Waals surface area contributed by atoms with Crippen LogP contribution in [0.2, 0.25) is 0 Å². The van der Waals surface area contributed by atoms with Crippen molar-refractivity contribution in [1.82, 2.24) is 5.32 Å². The van der Waals surface area contributed by atoms with Gasteiger partial charge in [-0.3, -0.25) is 9.59 Å². The van der Waals surface area contributed by atoms with Crippen LogP contribution in [0.5, 0.6) is 0 Å². The second-order valence-corrected chi connectivity index (χ2v) is 24.6. The van der Waals surface area contributed by atoms with Crippen molar-refractivity contribution in [3.63, 3.8) is 0 Å². The van der Waals surface area contributed by atoms with Crippen molar-refractivity contribution in [1.29, 1.82) is 0 Å². The van der Waals surface area contributed by atoms with Gasteiger partial charge in [0, 0.05) is 12.8 Å². The molecule has 0 aromatic heterocycles. The Bertz CT molecular complexity index is 1520. The Balaban J connectivity index is 1.92. The summed E-state index contributed by atoms with van der Waals surface area (Å²) >= 11 is 0. The van der Waals surface area contributed by atoms with Crippen molar-refractivity contribution in [2.45, 2.75) is 378 Å². The summed E-state index contributed by atoms with van der Waals surface area (Å²) in [5, 5.41) is 54.3. The average molecular weight is 1170 g/mol. The molecule has 1 fully saturated rings. The zero-order valence-electron chi connectivity index (χ0n) is 53.9. The van der Waals surface area contributed by atoms with E-state index in [1.165, 1.54) is 244 Å². The fraction of sp³-hybridized carbons (Fsp3) is 0.861. The minimum Gasteiger partial charge on any atom is -0.466 e. The summed E-state index contributed by atoms with van der Waals surface area (Å²) in [6, 6.07) is -0.807. The monoisotopic (exact) mass is 1170 g/mol. The van der Waals surface area contributed by atoms with Crippen LogP contribution in [0.25, 0.3) is 0 Å². The molecule has 486 valence electrons. The van der Waals surface area contributed by atoms with Crippen molar-refractivity contribution < 1.29 is 49.3 Å². The van der Waals surface area contributed by atoms with Gasteiger partial charge in [0.1, 0.15) is 24.4 Å². The molecule has 0 aromatic rings. The summed E-state index contributed by atoms with van der Waals surface area (Å²) in [6.07, 6.45) is 69.8. The Morgan fingerprint density at radius 3 is 1.24 bits per heavy atom. The van der Waals surface area contributed by atoms with Crippen molar-refractivity contribution in [3.05, 3.63) is 48.6 Å². The van der Waals surface area contributed by atoms with Crippen LogP contribution in [0.15, 0.2) is 48.6 Å². The van der Waals surface area contributed by atoms with Gasteiger partial charge in [0.05, 0.1) is 32.0 Å². The number of carbonyl (C=O) groups is 2. The lowest BCUT2D eigenvalue weighted by atomic mass is 9.99. The highest BCUT2D eigenvalue weighted by Gasteiger charge is 2.44. The number of rotatable bonds is 62. The van der Waals surface area contributed by atoms with Crippen LogP contribution < -0.4 is 5.32 Å². The lowest BCUT2D eigenvalue weighted by Crippen LogP contribution is -2.60. The minimum atomic E-state index is -1.57.